The number of hydrogen-bond donors (Lipinski definition) is 1. The van der Waals surface area contributed by atoms with Gasteiger partial charge in [0.1, 0.15) is 23.5 Å². The van der Waals surface area contributed by atoms with Crippen LogP contribution in [0.2, 0.25) is 0 Å². The number of ether oxygens (including phenoxy) is 2. The van der Waals surface area contributed by atoms with Gasteiger partial charge in [0, 0.05) is 30.6 Å². The summed E-state index contributed by atoms with van der Waals surface area (Å²) in [4.78, 5) is 26.2. The number of fused-ring (bicyclic) bond motifs is 3. The summed E-state index contributed by atoms with van der Waals surface area (Å²) >= 11 is 1.59. The maximum Gasteiger partial charge on any atom is 0.315 e. The van der Waals surface area contributed by atoms with Crippen molar-refractivity contribution in [3.8, 4) is 11.5 Å². The van der Waals surface area contributed by atoms with Crippen LogP contribution in [-0.2, 0) is 9.59 Å². The Balaban J connectivity index is 1.86. The van der Waals surface area contributed by atoms with Crippen LogP contribution in [0.4, 0.5) is 0 Å². The highest BCUT2D eigenvalue weighted by molar-refractivity contribution is 7.99. The topological polar surface area (TPSA) is 76.1 Å². The van der Waals surface area contributed by atoms with Crippen molar-refractivity contribution in [1.82, 2.24) is 4.90 Å². The molecule has 2 aliphatic heterocycles. The number of carbonyl (C=O) groups is 2. The van der Waals surface area contributed by atoms with Crippen molar-refractivity contribution >= 4 is 23.6 Å². The summed E-state index contributed by atoms with van der Waals surface area (Å²) in [7, 11) is 1.58. The molecule has 1 amide bonds. The van der Waals surface area contributed by atoms with Gasteiger partial charge in [0.25, 0.3) is 0 Å². The van der Waals surface area contributed by atoms with Crippen molar-refractivity contribution in [3.63, 3.8) is 0 Å². The van der Waals surface area contributed by atoms with Gasteiger partial charge in [-0.3, -0.25) is 9.59 Å². The molecule has 0 aliphatic carbocycles. The summed E-state index contributed by atoms with van der Waals surface area (Å²) in [5, 5.41) is 9.89. The SMILES string of the molecule is CCCSCC(=O)N1CC2c3ccc(OC)cc3OC[C@]2(C(=O)O)C1. The summed E-state index contributed by atoms with van der Waals surface area (Å²) in [6.07, 6.45) is 1.02. The Labute approximate surface area is 151 Å². The van der Waals surface area contributed by atoms with Gasteiger partial charge in [-0.2, -0.15) is 11.8 Å². The van der Waals surface area contributed by atoms with Crippen molar-refractivity contribution in [2.24, 2.45) is 5.41 Å². The first kappa shape index (κ1) is 17.9. The van der Waals surface area contributed by atoms with E-state index in [1.54, 1.807) is 29.8 Å². The van der Waals surface area contributed by atoms with Crippen LogP contribution in [0, 0.1) is 5.41 Å². The van der Waals surface area contributed by atoms with Crippen LogP contribution in [-0.4, -0.2) is 60.2 Å². The molecule has 1 aromatic rings. The highest BCUT2D eigenvalue weighted by Gasteiger charge is 2.57. The molecule has 2 atom stereocenters. The molecule has 25 heavy (non-hydrogen) atoms. The Morgan fingerprint density at radius 1 is 1.48 bits per heavy atom. The Hall–Kier alpha value is -1.89. The second-order valence-corrected chi connectivity index (χ2v) is 7.64. The van der Waals surface area contributed by atoms with E-state index in [0.29, 0.717) is 23.8 Å². The third-order valence-corrected chi connectivity index (χ3v) is 6.13. The molecule has 0 saturated carbocycles. The van der Waals surface area contributed by atoms with Crippen LogP contribution in [0.5, 0.6) is 11.5 Å². The largest absolute Gasteiger partial charge is 0.497 e. The van der Waals surface area contributed by atoms with Crippen LogP contribution >= 0.6 is 11.8 Å². The van der Waals surface area contributed by atoms with Gasteiger partial charge in [-0.1, -0.05) is 13.0 Å². The zero-order valence-corrected chi connectivity index (χ0v) is 15.3. The molecule has 1 N–H and O–H groups in total. The van der Waals surface area contributed by atoms with Crippen LogP contribution in [0.25, 0.3) is 0 Å². The van der Waals surface area contributed by atoms with Crippen molar-refractivity contribution in [2.45, 2.75) is 19.3 Å². The number of hydrogen-bond acceptors (Lipinski definition) is 5. The Bertz CT molecular complexity index is 679. The molecule has 6 nitrogen and oxygen atoms in total. The van der Waals surface area contributed by atoms with Gasteiger partial charge in [0.15, 0.2) is 0 Å². The fraction of sp³-hybridized carbons (Fsp3) is 0.556. The molecule has 0 radical (unpaired) electrons. The number of carbonyl (C=O) groups excluding carboxylic acids is 1. The third-order valence-electron chi connectivity index (χ3n) is 4.98. The minimum Gasteiger partial charge on any atom is -0.497 e. The molecule has 7 heteroatoms. The van der Waals surface area contributed by atoms with Gasteiger partial charge in [-0.15, -0.1) is 0 Å². The minimum atomic E-state index is -1.08. The second kappa shape index (κ2) is 7.15. The lowest BCUT2D eigenvalue weighted by Crippen LogP contribution is -2.46. The fourth-order valence-corrected chi connectivity index (χ4v) is 4.37. The summed E-state index contributed by atoms with van der Waals surface area (Å²) in [5.74, 6) is 1.48. The van der Waals surface area contributed by atoms with Gasteiger partial charge in [0.2, 0.25) is 5.91 Å². The number of aliphatic carboxylic acids is 1. The van der Waals surface area contributed by atoms with E-state index in [-0.39, 0.29) is 25.0 Å². The number of nitrogens with zero attached hydrogens (tertiary/aromatic N) is 1. The Kier molecular flexibility index (Phi) is 5.13. The van der Waals surface area contributed by atoms with Crippen LogP contribution in [0.15, 0.2) is 18.2 Å². The minimum absolute atomic E-state index is 0.00327. The van der Waals surface area contributed by atoms with E-state index in [2.05, 4.69) is 6.92 Å². The molecule has 2 heterocycles. The number of likely N-dealkylation sites (tertiary alicyclic amines) is 1. The monoisotopic (exact) mass is 365 g/mol. The van der Waals surface area contributed by atoms with Crippen LogP contribution < -0.4 is 9.47 Å². The molecule has 1 unspecified atom stereocenters. The Morgan fingerprint density at radius 2 is 2.28 bits per heavy atom. The highest BCUT2D eigenvalue weighted by atomic mass is 32.2. The molecule has 0 aromatic heterocycles. The maximum absolute atomic E-state index is 12.5. The van der Waals surface area contributed by atoms with E-state index in [1.165, 1.54) is 0 Å². The normalized spacial score (nSPS) is 24.2. The molecule has 1 fully saturated rings. The summed E-state index contributed by atoms with van der Waals surface area (Å²) in [5.41, 5.74) is -0.238. The molecule has 136 valence electrons. The summed E-state index contributed by atoms with van der Waals surface area (Å²) in [6, 6.07) is 5.44. The number of methoxy groups -OCH3 is 1. The molecule has 1 aromatic carbocycles. The third kappa shape index (κ3) is 3.17. The second-order valence-electron chi connectivity index (χ2n) is 6.53. The fourth-order valence-electron chi connectivity index (χ4n) is 3.58. The maximum atomic E-state index is 12.5. The highest BCUT2D eigenvalue weighted by Crippen LogP contribution is 2.50. The van der Waals surface area contributed by atoms with E-state index in [0.717, 1.165) is 17.7 Å². The molecule has 2 aliphatic rings. The number of carboxylic acid groups (broad SMARTS) is 1. The molecule has 1 saturated heterocycles. The lowest BCUT2D eigenvalue weighted by Gasteiger charge is -2.35. The molecule has 0 bridgehead atoms. The summed E-state index contributed by atoms with van der Waals surface area (Å²) < 4.78 is 11.0. The standard InChI is InChI=1S/C18H23NO5S/c1-3-6-25-9-16(20)19-8-14-13-5-4-12(23-2)7-15(13)24-11-18(14,10-19)17(21)22/h4-5,7,14H,3,6,8-11H2,1-2H3,(H,21,22)/t14?,18-/m1/s1. The number of amides is 1. The van der Waals surface area contributed by atoms with Gasteiger partial charge in [-0.25, -0.2) is 0 Å². The van der Waals surface area contributed by atoms with E-state index in [1.807, 2.05) is 12.1 Å². The zero-order valence-electron chi connectivity index (χ0n) is 14.5. The number of rotatable bonds is 6. The van der Waals surface area contributed by atoms with Crippen LogP contribution in [0.1, 0.15) is 24.8 Å². The van der Waals surface area contributed by atoms with E-state index < -0.39 is 11.4 Å². The first-order valence-electron chi connectivity index (χ1n) is 8.41. The Morgan fingerprint density at radius 3 is 2.96 bits per heavy atom. The van der Waals surface area contributed by atoms with Crippen molar-refractivity contribution in [2.75, 3.05) is 38.3 Å². The van der Waals surface area contributed by atoms with Crippen molar-refractivity contribution in [3.05, 3.63) is 23.8 Å². The average molecular weight is 365 g/mol. The first-order chi connectivity index (χ1) is 12.0. The van der Waals surface area contributed by atoms with E-state index in [4.69, 9.17) is 9.47 Å². The molecular formula is C18H23NO5S. The van der Waals surface area contributed by atoms with Gasteiger partial charge in [0.05, 0.1) is 12.9 Å². The van der Waals surface area contributed by atoms with Crippen LogP contribution in [0.3, 0.4) is 0 Å². The van der Waals surface area contributed by atoms with Crippen molar-refractivity contribution in [1.29, 1.82) is 0 Å². The van der Waals surface area contributed by atoms with Gasteiger partial charge >= 0.3 is 5.97 Å². The predicted octanol–water partition coefficient (Wildman–Crippen LogP) is 2.23. The zero-order chi connectivity index (χ0) is 18.0. The van der Waals surface area contributed by atoms with E-state index in [9.17, 15) is 14.7 Å². The molecular weight excluding hydrogens is 342 g/mol. The first-order valence-corrected chi connectivity index (χ1v) is 9.57. The van der Waals surface area contributed by atoms with Gasteiger partial charge < -0.3 is 19.5 Å². The lowest BCUT2D eigenvalue weighted by atomic mass is 9.73. The van der Waals surface area contributed by atoms with E-state index >= 15 is 0 Å². The number of thioether (sulfide) groups is 1. The molecule has 0 spiro atoms. The summed E-state index contributed by atoms with van der Waals surface area (Å²) in [6.45, 7) is 2.76. The van der Waals surface area contributed by atoms with Gasteiger partial charge in [-0.05, 0) is 18.2 Å². The molecule has 3 rings (SSSR count). The number of carboxylic acids is 1. The average Bonchev–Trinajstić information content (AvgIpc) is 3.03. The lowest BCUT2D eigenvalue weighted by molar-refractivity contribution is -0.152. The quantitative estimate of drug-likeness (QED) is 0.779. The predicted molar refractivity (Wildman–Crippen MR) is 95.5 cm³/mol. The smallest absolute Gasteiger partial charge is 0.315 e. The number of benzene rings is 1. The van der Waals surface area contributed by atoms with Crippen molar-refractivity contribution < 1.29 is 24.2 Å².